The molecule has 0 saturated carbocycles. The number of nitrogens with two attached hydrogens (primary N) is 1. The van der Waals surface area contributed by atoms with E-state index in [1.807, 2.05) is 12.1 Å². The van der Waals surface area contributed by atoms with Crippen molar-refractivity contribution < 1.29 is 4.39 Å². The van der Waals surface area contributed by atoms with E-state index in [-0.39, 0.29) is 5.82 Å². The molecule has 0 bridgehead atoms. The van der Waals surface area contributed by atoms with Crippen LogP contribution in [0, 0.1) is 5.82 Å². The lowest BCUT2D eigenvalue weighted by Crippen LogP contribution is -2.01. The predicted molar refractivity (Wildman–Crippen MR) is 71.2 cm³/mol. The fourth-order valence-corrected chi connectivity index (χ4v) is 1.85. The van der Waals surface area contributed by atoms with Crippen molar-refractivity contribution >= 4 is 5.82 Å². The van der Waals surface area contributed by atoms with E-state index in [4.69, 9.17) is 5.73 Å². The van der Waals surface area contributed by atoms with Crippen LogP contribution < -0.4 is 5.73 Å². The maximum atomic E-state index is 12.9. The van der Waals surface area contributed by atoms with Crippen molar-refractivity contribution in [3.05, 3.63) is 60.7 Å². The molecule has 0 amide bonds. The van der Waals surface area contributed by atoms with Crippen molar-refractivity contribution in [2.24, 2.45) is 0 Å². The number of nitrogen functional groups attached to an aromatic ring is 1. The summed E-state index contributed by atoms with van der Waals surface area (Å²) >= 11 is 0. The molecule has 2 heterocycles. The Bertz CT molecular complexity index is 689. The largest absolute Gasteiger partial charge is 0.384 e. The molecule has 3 aromatic rings. The average Bonchev–Trinajstić information content (AvgIpc) is 2.83. The quantitative estimate of drug-likeness (QED) is 0.764. The minimum atomic E-state index is -0.288. The van der Waals surface area contributed by atoms with E-state index < -0.39 is 0 Å². The van der Waals surface area contributed by atoms with Crippen molar-refractivity contribution in [1.29, 1.82) is 0 Å². The Morgan fingerprint density at radius 3 is 2.37 bits per heavy atom. The molecule has 0 aliphatic heterocycles. The van der Waals surface area contributed by atoms with Gasteiger partial charge in [-0.1, -0.05) is 0 Å². The Morgan fingerprint density at radius 1 is 1.00 bits per heavy atom. The van der Waals surface area contributed by atoms with Gasteiger partial charge in [-0.15, -0.1) is 0 Å². The van der Waals surface area contributed by atoms with Gasteiger partial charge in [-0.25, -0.2) is 9.07 Å². The number of pyridine rings is 1. The SMILES string of the molecule is Nc1cc(-c2ccncc2)nn1-c1ccc(F)cc1. The number of aromatic nitrogens is 3. The Labute approximate surface area is 109 Å². The van der Waals surface area contributed by atoms with Crippen LogP contribution in [0.15, 0.2) is 54.9 Å². The van der Waals surface area contributed by atoms with Crippen LogP contribution in [0.2, 0.25) is 0 Å². The van der Waals surface area contributed by atoms with Crippen LogP contribution in [0.5, 0.6) is 0 Å². The van der Waals surface area contributed by atoms with Gasteiger partial charge in [-0.3, -0.25) is 4.98 Å². The molecule has 0 saturated heterocycles. The molecule has 2 aromatic heterocycles. The molecule has 0 unspecified atom stereocenters. The van der Waals surface area contributed by atoms with E-state index in [1.165, 1.54) is 12.1 Å². The topological polar surface area (TPSA) is 56.7 Å². The molecule has 3 rings (SSSR count). The predicted octanol–water partition coefficient (Wildman–Crippen LogP) is 2.66. The fraction of sp³-hybridized carbons (Fsp3) is 0. The highest BCUT2D eigenvalue weighted by Gasteiger charge is 2.08. The van der Waals surface area contributed by atoms with Crippen LogP contribution in [0.25, 0.3) is 16.9 Å². The van der Waals surface area contributed by atoms with E-state index >= 15 is 0 Å². The van der Waals surface area contributed by atoms with Crippen LogP contribution in [0.3, 0.4) is 0 Å². The molecular formula is C14H11FN4. The number of halogens is 1. The zero-order valence-electron chi connectivity index (χ0n) is 9.99. The minimum Gasteiger partial charge on any atom is -0.384 e. The van der Waals surface area contributed by atoms with Crippen molar-refractivity contribution in [3.8, 4) is 16.9 Å². The lowest BCUT2D eigenvalue weighted by molar-refractivity contribution is 0.627. The average molecular weight is 254 g/mol. The maximum Gasteiger partial charge on any atom is 0.127 e. The smallest absolute Gasteiger partial charge is 0.127 e. The van der Waals surface area contributed by atoms with E-state index in [0.29, 0.717) is 5.82 Å². The zero-order valence-corrected chi connectivity index (χ0v) is 9.99. The summed E-state index contributed by atoms with van der Waals surface area (Å²) in [5.74, 6) is 0.210. The van der Waals surface area contributed by atoms with E-state index in [0.717, 1.165) is 16.9 Å². The Hall–Kier alpha value is -2.69. The molecule has 19 heavy (non-hydrogen) atoms. The number of rotatable bonds is 2. The first kappa shape index (κ1) is 11.4. The molecule has 1 aromatic carbocycles. The second kappa shape index (κ2) is 4.53. The summed E-state index contributed by atoms with van der Waals surface area (Å²) in [5, 5.41) is 4.42. The third kappa shape index (κ3) is 2.18. The van der Waals surface area contributed by atoms with Crippen molar-refractivity contribution in [1.82, 2.24) is 14.8 Å². The van der Waals surface area contributed by atoms with Crippen LogP contribution in [0.1, 0.15) is 0 Å². The van der Waals surface area contributed by atoms with Gasteiger partial charge in [-0.05, 0) is 36.4 Å². The van der Waals surface area contributed by atoms with Crippen LogP contribution in [-0.2, 0) is 0 Å². The normalized spacial score (nSPS) is 10.6. The summed E-state index contributed by atoms with van der Waals surface area (Å²) in [6, 6.07) is 11.5. The molecule has 0 aliphatic carbocycles. The van der Waals surface area contributed by atoms with Gasteiger partial charge in [-0.2, -0.15) is 5.10 Å². The number of benzene rings is 1. The van der Waals surface area contributed by atoms with Gasteiger partial charge in [0, 0.05) is 24.0 Å². The standard InChI is InChI=1S/C14H11FN4/c15-11-1-3-12(4-2-11)19-14(16)9-13(18-19)10-5-7-17-8-6-10/h1-9H,16H2. The van der Waals surface area contributed by atoms with Crippen molar-refractivity contribution in [3.63, 3.8) is 0 Å². The molecule has 5 heteroatoms. The lowest BCUT2D eigenvalue weighted by Gasteiger charge is -2.03. The van der Waals surface area contributed by atoms with E-state index in [1.54, 1.807) is 35.3 Å². The molecule has 2 N–H and O–H groups in total. The van der Waals surface area contributed by atoms with Crippen molar-refractivity contribution in [2.75, 3.05) is 5.73 Å². The zero-order chi connectivity index (χ0) is 13.2. The summed E-state index contributed by atoms with van der Waals surface area (Å²) in [7, 11) is 0. The summed E-state index contributed by atoms with van der Waals surface area (Å²) in [6.45, 7) is 0. The molecule has 4 nitrogen and oxygen atoms in total. The highest BCUT2D eigenvalue weighted by Crippen LogP contribution is 2.22. The van der Waals surface area contributed by atoms with Gasteiger partial charge in [0.2, 0.25) is 0 Å². The molecule has 0 atom stereocenters. The van der Waals surface area contributed by atoms with Crippen LogP contribution in [-0.4, -0.2) is 14.8 Å². The number of hydrogen-bond acceptors (Lipinski definition) is 3. The van der Waals surface area contributed by atoms with Crippen LogP contribution >= 0.6 is 0 Å². The van der Waals surface area contributed by atoms with E-state index in [2.05, 4.69) is 10.1 Å². The lowest BCUT2D eigenvalue weighted by atomic mass is 10.2. The molecule has 0 radical (unpaired) electrons. The van der Waals surface area contributed by atoms with Gasteiger partial charge in [0.05, 0.1) is 11.4 Å². The van der Waals surface area contributed by atoms with Gasteiger partial charge in [0.25, 0.3) is 0 Å². The van der Waals surface area contributed by atoms with Gasteiger partial charge in [0.1, 0.15) is 11.6 Å². The maximum absolute atomic E-state index is 12.9. The Kier molecular flexibility index (Phi) is 2.72. The Morgan fingerprint density at radius 2 is 1.68 bits per heavy atom. The summed E-state index contributed by atoms with van der Waals surface area (Å²) < 4.78 is 14.5. The second-order valence-electron chi connectivity index (χ2n) is 4.08. The van der Waals surface area contributed by atoms with Gasteiger partial charge >= 0.3 is 0 Å². The summed E-state index contributed by atoms with van der Waals surface area (Å²) in [6.07, 6.45) is 3.39. The monoisotopic (exact) mass is 254 g/mol. The fourth-order valence-electron chi connectivity index (χ4n) is 1.85. The highest BCUT2D eigenvalue weighted by molar-refractivity contribution is 5.63. The van der Waals surface area contributed by atoms with Crippen molar-refractivity contribution in [2.45, 2.75) is 0 Å². The Balaban J connectivity index is 2.05. The van der Waals surface area contributed by atoms with Gasteiger partial charge < -0.3 is 5.73 Å². The first-order valence-corrected chi connectivity index (χ1v) is 5.76. The second-order valence-corrected chi connectivity index (χ2v) is 4.08. The first-order chi connectivity index (χ1) is 9.24. The third-order valence-electron chi connectivity index (χ3n) is 2.78. The highest BCUT2D eigenvalue weighted by atomic mass is 19.1. The van der Waals surface area contributed by atoms with Gasteiger partial charge in [0.15, 0.2) is 0 Å². The molecule has 0 spiro atoms. The van der Waals surface area contributed by atoms with Crippen LogP contribution in [0.4, 0.5) is 10.2 Å². The molecular weight excluding hydrogens is 243 g/mol. The summed E-state index contributed by atoms with van der Waals surface area (Å²) in [4.78, 5) is 3.96. The molecule has 0 fully saturated rings. The number of hydrogen-bond donors (Lipinski definition) is 1. The first-order valence-electron chi connectivity index (χ1n) is 5.76. The molecule has 94 valence electrons. The summed E-state index contributed by atoms with van der Waals surface area (Å²) in [5.41, 5.74) is 8.35. The number of anilines is 1. The minimum absolute atomic E-state index is 0.288. The van der Waals surface area contributed by atoms with E-state index in [9.17, 15) is 4.39 Å². The third-order valence-corrected chi connectivity index (χ3v) is 2.78. The number of nitrogens with zero attached hydrogens (tertiary/aromatic N) is 3. The molecule has 0 aliphatic rings.